The Kier molecular flexibility index (Phi) is 4.68. The normalized spacial score (nSPS) is 16.6. The van der Waals surface area contributed by atoms with Crippen LogP contribution >= 0.6 is 11.3 Å². The van der Waals surface area contributed by atoms with E-state index in [1.807, 2.05) is 54.3 Å². The van der Waals surface area contributed by atoms with E-state index in [4.69, 9.17) is 0 Å². The molecule has 1 aliphatic rings. The van der Waals surface area contributed by atoms with E-state index in [9.17, 15) is 9.59 Å². The van der Waals surface area contributed by atoms with E-state index in [0.29, 0.717) is 23.7 Å². The summed E-state index contributed by atoms with van der Waals surface area (Å²) in [5.74, 6) is -0.154. The molecular formula is C20H18N4O2S. The predicted molar refractivity (Wildman–Crippen MR) is 105 cm³/mol. The van der Waals surface area contributed by atoms with Crippen LogP contribution in [0.4, 0.5) is 10.8 Å². The summed E-state index contributed by atoms with van der Waals surface area (Å²) in [5.41, 5.74) is 2.57. The SMILES string of the molecule is Cc1ccccc1N1C[C@H](c2nnc(NC(=O)c3ccccc3)s2)CC1=O. The van der Waals surface area contributed by atoms with Crippen LogP contribution in [0.3, 0.4) is 0 Å². The van der Waals surface area contributed by atoms with Gasteiger partial charge in [0, 0.05) is 30.1 Å². The maximum Gasteiger partial charge on any atom is 0.257 e. The number of carbonyl (C=O) groups is 2. The van der Waals surface area contributed by atoms with Crippen molar-refractivity contribution in [1.82, 2.24) is 10.2 Å². The standard InChI is InChI=1S/C20H18N4O2S/c1-13-7-5-6-10-16(13)24-12-15(11-17(24)25)19-22-23-20(27-19)21-18(26)14-8-3-2-4-9-14/h2-10,15H,11-12H2,1H3,(H,21,23,26)/t15-/m1/s1. The maximum atomic E-state index is 12.5. The van der Waals surface area contributed by atoms with Gasteiger partial charge < -0.3 is 4.90 Å². The van der Waals surface area contributed by atoms with Crippen LogP contribution in [0.5, 0.6) is 0 Å². The predicted octanol–water partition coefficient (Wildman–Crippen LogP) is 3.62. The van der Waals surface area contributed by atoms with Crippen LogP contribution in [0.2, 0.25) is 0 Å². The summed E-state index contributed by atoms with van der Waals surface area (Å²) in [6, 6.07) is 16.8. The number of nitrogens with zero attached hydrogens (tertiary/aromatic N) is 3. The fraction of sp³-hybridized carbons (Fsp3) is 0.200. The summed E-state index contributed by atoms with van der Waals surface area (Å²) in [7, 11) is 0. The van der Waals surface area contributed by atoms with Crippen molar-refractivity contribution >= 4 is 34.0 Å². The molecular weight excluding hydrogens is 360 g/mol. The lowest BCUT2D eigenvalue weighted by Crippen LogP contribution is -2.25. The van der Waals surface area contributed by atoms with Crippen LogP contribution in [0.1, 0.15) is 33.3 Å². The summed E-state index contributed by atoms with van der Waals surface area (Å²) >= 11 is 1.32. The van der Waals surface area contributed by atoms with Crippen LogP contribution in [0.15, 0.2) is 54.6 Å². The largest absolute Gasteiger partial charge is 0.311 e. The van der Waals surface area contributed by atoms with Crippen LogP contribution in [0.25, 0.3) is 0 Å². The molecule has 27 heavy (non-hydrogen) atoms. The van der Waals surface area contributed by atoms with E-state index in [0.717, 1.165) is 16.3 Å². The van der Waals surface area contributed by atoms with Gasteiger partial charge in [-0.1, -0.05) is 47.7 Å². The zero-order chi connectivity index (χ0) is 18.8. The fourth-order valence-corrected chi connectivity index (χ4v) is 4.01. The van der Waals surface area contributed by atoms with Crippen molar-refractivity contribution in [2.24, 2.45) is 0 Å². The van der Waals surface area contributed by atoms with E-state index < -0.39 is 0 Å². The smallest absolute Gasteiger partial charge is 0.257 e. The molecule has 0 radical (unpaired) electrons. The first-order valence-corrected chi connectivity index (χ1v) is 9.49. The lowest BCUT2D eigenvalue weighted by Gasteiger charge is -2.18. The molecule has 1 saturated heterocycles. The van der Waals surface area contributed by atoms with E-state index in [1.54, 1.807) is 12.1 Å². The number of aryl methyl sites for hydroxylation is 1. The molecule has 1 N–H and O–H groups in total. The molecule has 4 rings (SSSR count). The lowest BCUT2D eigenvalue weighted by atomic mass is 10.1. The van der Waals surface area contributed by atoms with Gasteiger partial charge in [-0.2, -0.15) is 0 Å². The number of anilines is 2. The molecule has 1 fully saturated rings. The molecule has 1 aliphatic heterocycles. The van der Waals surface area contributed by atoms with Crippen molar-refractivity contribution in [1.29, 1.82) is 0 Å². The summed E-state index contributed by atoms with van der Waals surface area (Å²) in [4.78, 5) is 26.5. The summed E-state index contributed by atoms with van der Waals surface area (Å²) in [5, 5.41) is 12.3. The quantitative estimate of drug-likeness (QED) is 0.752. The molecule has 2 aromatic carbocycles. The number of carbonyl (C=O) groups excluding carboxylic acids is 2. The van der Waals surface area contributed by atoms with Gasteiger partial charge in [-0.15, -0.1) is 10.2 Å². The third-order valence-corrected chi connectivity index (χ3v) is 5.58. The highest BCUT2D eigenvalue weighted by molar-refractivity contribution is 7.15. The number of hydrogen-bond donors (Lipinski definition) is 1. The van der Waals surface area contributed by atoms with Crippen molar-refractivity contribution in [3.63, 3.8) is 0 Å². The van der Waals surface area contributed by atoms with Gasteiger partial charge in [0.25, 0.3) is 5.91 Å². The van der Waals surface area contributed by atoms with Gasteiger partial charge in [-0.25, -0.2) is 0 Å². The first kappa shape index (κ1) is 17.4. The Morgan fingerprint density at radius 3 is 2.63 bits per heavy atom. The molecule has 1 atom stereocenters. The number of nitrogens with one attached hydrogen (secondary N) is 1. The highest BCUT2D eigenvalue weighted by Gasteiger charge is 2.34. The van der Waals surface area contributed by atoms with Crippen molar-refractivity contribution in [2.75, 3.05) is 16.8 Å². The first-order valence-electron chi connectivity index (χ1n) is 8.67. The Hall–Kier alpha value is -3.06. The number of para-hydroxylation sites is 1. The van der Waals surface area contributed by atoms with E-state index >= 15 is 0 Å². The number of aromatic nitrogens is 2. The monoisotopic (exact) mass is 378 g/mol. The molecule has 0 aliphatic carbocycles. The van der Waals surface area contributed by atoms with Gasteiger partial charge in [-0.05, 0) is 30.7 Å². The highest BCUT2D eigenvalue weighted by atomic mass is 32.1. The summed E-state index contributed by atoms with van der Waals surface area (Å²) < 4.78 is 0. The molecule has 1 aromatic heterocycles. The molecule has 3 aromatic rings. The Balaban J connectivity index is 1.47. The van der Waals surface area contributed by atoms with Gasteiger partial charge in [0.05, 0.1) is 0 Å². The number of amides is 2. The van der Waals surface area contributed by atoms with Crippen LogP contribution in [-0.4, -0.2) is 28.6 Å². The van der Waals surface area contributed by atoms with Crippen molar-refractivity contribution in [2.45, 2.75) is 19.3 Å². The molecule has 0 unspecified atom stereocenters. The first-order chi connectivity index (χ1) is 13.1. The lowest BCUT2D eigenvalue weighted by molar-refractivity contribution is -0.117. The molecule has 0 bridgehead atoms. The van der Waals surface area contributed by atoms with E-state index in [-0.39, 0.29) is 17.7 Å². The Morgan fingerprint density at radius 1 is 1.11 bits per heavy atom. The minimum absolute atomic E-state index is 0.0167. The minimum Gasteiger partial charge on any atom is -0.311 e. The maximum absolute atomic E-state index is 12.5. The van der Waals surface area contributed by atoms with E-state index in [2.05, 4.69) is 15.5 Å². The van der Waals surface area contributed by atoms with Crippen molar-refractivity contribution in [3.8, 4) is 0 Å². The zero-order valence-electron chi connectivity index (χ0n) is 14.8. The number of benzene rings is 2. The molecule has 2 heterocycles. The van der Waals surface area contributed by atoms with Gasteiger partial charge in [0.15, 0.2) is 0 Å². The molecule has 136 valence electrons. The average molecular weight is 378 g/mol. The number of rotatable bonds is 4. The second-order valence-electron chi connectivity index (χ2n) is 6.46. The molecule has 0 saturated carbocycles. The van der Waals surface area contributed by atoms with Crippen molar-refractivity contribution < 1.29 is 9.59 Å². The molecule has 2 amide bonds. The van der Waals surface area contributed by atoms with Gasteiger partial charge in [-0.3, -0.25) is 14.9 Å². The van der Waals surface area contributed by atoms with Crippen LogP contribution < -0.4 is 10.2 Å². The third kappa shape index (κ3) is 3.59. The van der Waals surface area contributed by atoms with Gasteiger partial charge in [0.2, 0.25) is 11.0 Å². The summed E-state index contributed by atoms with van der Waals surface area (Å²) in [6.45, 7) is 2.57. The second-order valence-corrected chi connectivity index (χ2v) is 7.47. The third-order valence-electron chi connectivity index (χ3n) is 4.58. The topological polar surface area (TPSA) is 75.2 Å². The van der Waals surface area contributed by atoms with Crippen LogP contribution in [-0.2, 0) is 4.79 Å². The van der Waals surface area contributed by atoms with Crippen molar-refractivity contribution in [3.05, 3.63) is 70.7 Å². The molecule has 6 nitrogen and oxygen atoms in total. The van der Waals surface area contributed by atoms with Crippen LogP contribution in [0, 0.1) is 6.92 Å². The number of hydrogen-bond acceptors (Lipinski definition) is 5. The highest BCUT2D eigenvalue weighted by Crippen LogP contribution is 2.35. The average Bonchev–Trinajstić information content (AvgIpc) is 3.29. The Labute approximate surface area is 160 Å². The van der Waals surface area contributed by atoms with Gasteiger partial charge in [0.1, 0.15) is 5.01 Å². The molecule has 7 heteroatoms. The Morgan fingerprint density at radius 2 is 1.85 bits per heavy atom. The minimum atomic E-state index is -0.220. The zero-order valence-corrected chi connectivity index (χ0v) is 15.6. The molecule has 0 spiro atoms. The Bertz CT molecular complexity index is 986. The van der Waals surface area contributed by atoms with Gasteiger partial charge >= 0.3 is 0 Å². The fourth-order valence-electron chi connectivity index (χ4n) is 3.18. The summed E-state index contributed by atoms with van der Waals surface area (Å²) in [6.07, 6.45) is 0.398. The second kappa shape index (κ2) is 7.28. The van der Waals surface area contributed by atoms with E-state index in [1.165, 1.54) is 11.3 Å².